The first-order chi connectivity index (χ1) is 15.8. The number of hydrogen-bond donors (Lipinski definition) is 3. The van der Waals surface area contributed by atoms with Crippen molar-refractivity contribution < 1.29 is 29.0 Å². The van der Waals surface area contributed by atoms with E-state index in [0.29, 0.717) is 29.3 Å². The number of hydrogen-bond acceptors (Lipinski definition) is 6. The van der Waals surface area contributed by atoms with Crippen LogP contribution in [0.5, 0.6) is 17.2 Å². The minimum atomic E-state index is -0.712. The number of ether oxygens (including phenoxy) is 2. The zero-order valence-corrected chi connectivity index (χ0v) is 18.2. The van der Waals surface area contributed by atoms with Gasteiger partial charge in [0.2, 0.25) is 0 Å². The molecule has 0 saturated carbocycles. The van der Waals surface area contributed by atoms with Gasteiger partial charge >= 0.3 is 5.97 Å². The molecule has 1 unspecified atom stereocenters. The van der Waals surface area contributed by atoms with Crippen molar-refractivity contribution in [3.8, 4) is 17.2 Å². The highest BCUT2D eigenvalue weighted by atomic mass is 16.5. The molecule has 33 heavy (non-hydrogen) atoms. The maximum absolute atomic E-state index is 12.5. The first-order valence-corrected chi connectivity index (χ1v) is 10.2. The molecule has 0 bridgehead atoms. The van der Waals surface area contributed by atoms with Crippen molar-refractivity contribution in [1.29, 1.82) is 0 Å². The van der Waals surface area contributed by atoms with Gasteiger partial charge in [0.1, 0.15) is 17.2 Å². The Balaban J connectivity index is 1.50. The summed E-state index contributed by atoms with van der Waals surface area (Å²) in [5.74, 6) is -0.191. The van der Waals surface area contributed by atoms with Crippen molar-refractivity contribution in [2.75, 3.05) is 5.32 Å². The molecule has 0 aliphatic rings. The molecule has 8 heteroatoms. The number of rotatable bonds is 8. The molecule has 0 aliphatic carbocycles. The Morgan fingerprint density at radius 2 is 1.64 bits per heavy atom. The third-order valence-electron chi connectivity index (χ3n) is 4.56. The van der Waals surface area contributed by atoms with Crippen molar-refractivity contribution in [1.82, 2.24) is 5.32 Å². The van der Waals surface area contributed by atoms with Crippen LogP contribution in [0.3, 0.4) is 0 Å². The lowest BCUT2D eigenvalue weighted by atomic mass is 10.1. The van der Waals surface area contributed by atoms with Gasteiger partial charge in [-0.05, 0) is 67.1 Å². The van der Waals surface area contributed by atoms with Crippen molar-refractivity contribution in [2.45, 2.75) is 26.5 Å². The lowest BCUT2D eigenvalue weighted by molar-refractivity contribution is -0.132. The zero-order valence-electron chi connectivity index (χ0n) is 18.2. The predicted molar refractivity (Wildman–Crippen MR) is 122 cm³/mol. The highest BCUT2D eigenvalue weighted by molar-refractivity contribution is 6.04. The molecule has 0 aromatic heterocycles. The highest BCUT2D eigenvalue weighted by Gasteiger charge is 2.14. The summed E-state index contributed by atoms with van der Waals surface area (Å²) in [6.45, 7) is 3.22. The largest absolute Gasteiger partial charge is 0.508 e. The number of aromatic hydroxyl groups is 1. The zero-order chi connectivity index (χ0) is 23.8. The van der Waals surface area contributed by atoms with E-state index in [2.05, 4.69) is 10.6 Å². The molecule has 0 aliphatic heterocycles. The van der Waals surface area contributed by atoms with Crippen LogP contribution in [-0.4, -0.2) is 29.0 Å². The fraction of sp³-hybridized carbons (Fsp3) is 0.160. The van der Waals surface area contributed by atoms with Crippen LogP contribution in [0.2, 0.25) is 0 Å². The molecular weight excluding hydrogens is 424 g/mol. The van der Waals surface area contributed by atoms with Crippen molar-refractivity contribution in [2.24, 2.45) is 0 Å². The summed E-state index contributed by atoms with van der Waals surface area (Å²) < 4.78 is 10.6. The lowest BCUT2D eigenvalue weighted by Crippen LogP contribution is -2.35. The van der Waals surface area contributed by atoms with Crippen LogP contribution in [0.4, 0.5) is 5.69 Å². The van der Waals surface area contributed by atoms with Crippen molar-refractivity contribution >= 4 is 23.5 Å². The van der Waals surface area contributed by atoms with E-state index in [1.807, 2.05) is 0 Å². The summed E-state index contributed by atoms with van der Waals surface area (Å²) in [6.07, 6.45) is -0.712. The predicted octanol–water partition coefficient (Wildman–Crippen LogP) is 3.65. The summed E-state index contributed by atoms with van der Waals surface area (Å²) in [5, 5.41) is 14.9. The standard InChI is InChI=1S/C25H24N2O6/c1-16(32-22-12-10-21(29)11-13-22)24(30)26-15-18-6-8-20(9-7-18)27-25(31)19-4-3-5-23(14-19)33-17(2)28/h3-14,16,29H,15H2,1-2H3,(H,26,30)(H,27,31). The molecule has 0 heterocycles. The molecule has 3 aromatic carbocycles. The number of nitrogens with one attached hydrogen (secondary N) is 2. The normalized spacial score (nSPS) is 11.2. The van der Waals surface area contributed by atoms with Crippen LogP contribution in [-0.2, 0) is 16.1 Å². The van der Waals surface area contributed by atoms with Gasteiger partial charge in [0, 0.05) is 24.7 Å². The summed E-state index contributed by atoms with van der Waals surface area (Å²) in [7, 11) is 0. The minimum Gasteiger partial charge on any atom is -0.508 e. The van der Waals surface area contributed by atoms with E-state index in [1.165, 1.54) is 25.1 Å². The second kappa shape index (κ2) is 10.8. The number of benzene rings is 3. The molecule has 3 aromatic rings. The van der Waals surface area contributed by atoms with Crippen LogP contribution in [0, 0.1) is 0 Å². The number of phenols is 1. The first-order valence-electron chi connectivity index (χ1n) is 10.2. The average Bonchev–Trinajstić information content (AvgIpc) is 2.79. The van der Waals surface area contributed by atoms with E-state index in [4.69, 9.17) is 9.47 Å². The Bertz CT molecular complexity index is 1130. The first kappa shape index (κ1) is 23.3. The molecule has 3 N–H and O–H groups in total. The van der Waals surface area contributed by atoms with Gasteiger partial charge in [-0.2, -0.15) is 0 Å². The average molecular weight is 448 g/mol. The van der Waals surface area contributed by atoms with Gasteiger partial charge in [0.15, 0.2) is 6.10 Å². The summed E-state index contributed by atoms with van der Waals surface area (Å²) in [5.41, 5.74) is 1.78. The van der Waals surface area contributed by atoms with Crippen LogP contribution < -0.4 is 20.1 Å². The summed E-state index contributed by atoms with van der Waals surface area (Å²) in [4.78, 5) is 35.8. The molecule has 0 spiro atoms. The van der Waals surface area contributed by atoms with E-state index < -0.39 is 12.1 Å². The molecule has 8 nitrogen and oxygen atoms in total. The van der Waals surface area contributed by atoms with E-state index in [0.717, 1.165) is 5.56 Å². The lowest BCUT2D eigenvalue weighted by Gasteiger charge is -2.15. The fourth-order valence-corrected chi connectivity index (χ4v) is 2.89. The Kier molecular flexibility index (Phi) is 7.64. The van der Waals surface area contributed by atoms with Gasteiger partial charge < -0.3 is 25.2 Å². The van der Waals surface area contributed by atoms with Crippen LogP contribution in [0.1, 0.15) is 29.8 Å². The van der Waals surface area contributed by atoms with Gasteiger partial charge in [-0.1, -0.05) is 18.2 Å². The number of anilines is 1. The highest BCUT2D eigenvalue weighted by Crippen LogP contribution is 2.18. The Hall–Kier alpha value is -4.33. The fourth-order valence-electron chi connectivity index (χ4n) is 2.89. The molecule has 170 valence electrons. The van der Waals surface area contributed by atoms with Crippen LogP contribution in [0.25, 0.3) is 0 Å². The second-order valence-corrected chi connectivity index (χ2v) is 7.24. The van der Waals surface area contributed by atoms with Crippen LogP contribution in [0.15, 0.2) is 72.8 Å². The van der Waals surface area contributed by atoms with Gasteiger partial charge in [-0.3, -0.25) is 14.4 Å². The number of phenolic OH excluding ortho intramolecular Hbond substituents is 1. The minimum absolute atomic E-state index is 0.120. The summed E-state index contributed by atoms with van der Waals surface area (Å²) in [6, 6.07) is 19.5. The Labute approximate surface area is 191 Å². The second-order valence-electron chi connectivity index (χ2n) is 7.24. The maximum atomic E-state index is 12.5. The third-order valence-corrected chi connectivity index (χ3v) is 4.56. The van der Waals surface area contributed by atoms with E-state index in [9.17, 15) is 19.5 Å². The van der Waals surface area contributed by atoms with Crippen molar-refractivity contribution in [3.63, 3.8) is 0 Å². The molecular formula is C25H24N2O6. The Morgan fingerprint density at radius 1 is 0.939 bits per heavy atom. The van der Waals surface area contributed by atoms with Crippen molar-refractivity contribution in [3.05, 3.63) is 83.9 Å². The summed E-state index contributed by atoms with van der Waals surface area (Å²) >= 11 is 0. The quantitative estimate of drug-likeness (QED) is 0.358. The van der Waals surface area contributed by atoms with E-state index >= 15 is 0 Å². The molecule has 0 fully saturated rings. The number of amides is 2. The maximum Gasteiger partial charge on any atom is 0.308 e. The van der Waals surface area contributed by atoms with E-state index in [-0.39, 0.29) is 17.6 Å². The van der Waals surface area contributed by atoms with E-state index in [1.54, 1.807) is 61.5 Å². The molecule has 1 atom stereocenters. The topological polar surface area (TPSA) is 114 Å². The Morgan fingerprint density at radius 3 is 2.30 bits per heavy atom. The molecule has 0 radical (unpaired) electrons. The third kappa shape index (κ3) is 7.10. The van der Waals surface area contributed by atoms with Gasteiger partial charge in [-0.15, -0.1) is 0 Å². The molecule has 0 saturated heterocycles. The number of carbonyl (C=O) groups is 3. The molecule has 3 rings (SSSR count). The van der Waals surface area contributed by atoms with Gasteiger partial charge in [0.25, 0.3) is 11.8 Å². The number of esters is 1. The monoisotopic (exact) mass is 448 g/mol. The van der Waals surface area contributed by atoms with Crippen LogP contribution >= 0.6 is 0 Å². The smallest absolute Gasteiger partial charge is 0.308 e. The molecule has 2 amide bonds. The number of carbonyl (C=O) groups excluding carboxylic acids is 3. The van der Waals surface area contributed by atoms with Gasteiger partial charge in [0.05, 0.1) is 0 Å². The van der Waals surface area contributed by atoms with Gasteiger partial charge in [-0.25, -0.2) is 0 Å². The SMILES string of the molecule is CC(=O)Oc1cccc(C(=O)Nc2ccc(CNC(=O)C(C)Oc3ccc(O)cc3)cc2)c1.